The van der Waals surface area contributed by atoms with Crippen LogP contribution in [0.4, 0.5) is 0 Å². The Morgan fingerprint density at radius 2 is 0.933 bits per heavy atom. The Labute approximate surface area is 277 Å². The molecule has 1 aliphatic rings. The first kappa shape index (κ1) is 42.7. The molecule has 0 aromatic heterocycles. The summed E-state index contributed by atoms with van der Waals surface area (Å²) in [6.45, 7) is 5.84. The topological polar surface area (TPSA) is 118 Å². The minimum atomic E-state index is -1.46. The number of ether oxygens (including phenoxy) is 4. The van der Waals surface area contributed by atoms with Gasteiger partial charge in [0.1, 0.15) is 30.5 Å². The zero-order valence-electron chi connectivity index (χ0n) is 29.4. The van der Waals surface area contributed by atoms with Crippen LogP contribution in [0.2, 0.25) is 0 Å². The third kappa shape index (κ3) is 22.8. The average molecular weight is 647 g/mol. The quantitative estimate of drug-likeness (QED) is 0.0539. The molecule has 0 amide bonds. The summed E-state index contributed by atoms with van der Waals surface area (Å²) in [5, 5.41) is 39.9. The van der Waals surface area contributed by atoms with E-state index in [1.54, 1.807) is 0 Å². The first-order chi connectivity index (χ1) is 22.0. The maximum absolute atomic E-state index is 10.3. The molecular weight excluding hydrogens is 572 g/mol. The minimum absolute atomic E-state index is 0.124. The van der Waals surface area contributed by atoms with Crippen molar-refractivity contribution in [1.82, 2.24) is 0 Å². The van der Waals surface area contributed by atoms with E-state index in [2.05, 4.69) is 13.8 Å². The van der Waals surface area contributed by atoms with Gasteiger partial charge in [-0.05, 0) is 12.8 Å². The second kappa shape index (κ2) is 31.0. The summed E-state index contributed by atoms with van der Waals surface area (Å²) < 4.78 is 23.4. The van der Waals surface area contributed by atoms with Gasteiger partial charge in [0.25, 0.3) is 0 Å². The molecule has 6 atom stereocenters. The zero-order chi connectivity index (χ0) is 32.8. The van der Waals surface area contributed by atoms with Crippen LogP contribution in [0.25, 0.3) is 0 Å². The molecule has 1 aliphatic heterocycles. The van der Waals surface area contributed by atoms with Gasteiger partial charge in [0, 0.05) is 13.2 Å². The Bertz CT molecular complexity index is 607. The Kier molecular flexibility index (Phi) is 29.4. The summed E-state index contributed by atoms with van der Waals surface area (Å²) in [6.07, 6.45) is 24.4. The van der Waals surface area contributed by atoms with Crippen LogP contribution in [0.3, 0.4) is 0 Å². The van der Waals surface area contributed by atoms with E-state index >= 15 is 0 Å². The van der Waals surface area contributed by atoms with Gasteiger partial charge in [-0.3, -0.25) is 0 Å². The molecule has 0 aromatic rings. The van der Waals surface area contributed by atoms with Crippen molar-refractivity contribution in [2.24, 2.45) is 0 Å². The summed E-state index contributed by atoms with van der Waals surface area (Å²) in [4.78, 5) is 0. The van der Waals surface area contributed by atoms with Crippen LogP contribution in [0.1, 0.15) is 168 Å². The molecule has 0 spiro atoms. The van der Waals surface area contributed by atoms with Crippen molar-refractivity contribution < 1.29 is 39.4 Å². The molecule has 4 N–H and O–H groups in total. The Hall–Kier alpha value is -0.320. The lowest BCUT2D eigenvalue weighted by atomic mass is 9.99. The van der Waals surface area contributed by atoms with Crippen LogP contribution in [0.5, 0.6) is 0 Å². The predicted molar refractivity (Wildman–Crippen MR) is 182 cm³/mol. The molecule has 0 aliphatic carbocycles. The lowest BCUT2D eigenvalue weighted by Crippen LogP contribution is -2.59. The molecule has 8 heteroatoms. The molecule has 1 heterocycles. The highest BCUT2D eigenvalue weighted by molar-refractivity contribution is 4.89. The molecule has 0 radical (unpaired) electrons. The third-order valence-corrected chi connectivity index (χ3v) is 9.09. The largest absolute Gasteiger partial charge is 0.394 e. The number of aliphatic hydroxyl groups excluding tert-OH is 4. The fourth-order valence-corrected chi connectivity index (χ4v) is 6.00. The van der Waals surface area contributed by atoms with Crippen LogP contribution in [0.15, 0.2) is 0 Å². The van der Waals surface area contributed by atoms with E-state index in [-0.39, 0.29) is 12.7 Å². The van der Waals surface area contributed by atoms with Crippen LogP contribution in [0, 0.1) is 0 Å². The normalized spacial score (nSPS) is 22.7. The standard InChI is InChI=1S/C37H74O8/c1-3-5-7-9-11-13-15-17-19-21-23-25-27-42-30-32(31-44-37-36(41)35(40)34(39)33(29-38)45-37)43-28-26-24-22-20-18-16-14-12-10-8-6-4-2/h32-41H,3-31H2,1-2H3/t32?,33-,34-,35+,36-,37-/m1/s1. The summed E-state index contributed by atoms with van der Waals surface area (Å²) in [5.74, 6) is 0. The molecule has 0 saturated carbocycles. The lowest BCUT2D eigenvalue weighted by Gasteiger charge is -2.39. The Balaban J connectivity index is 2.25. The van der Waals surface area contributed by atoms with E-state index in [9.17, 15) is 20.4 Å². The maximum Gasteiger partial charge on any atom is 0.186 e. The van der Waals surface area contributed by atoms with Crippen LogP contribution < -0.4 is 0 Å². The van der Waals surface area contributed by atoms with E-state index < -0.39 is 37.3 Å². The van der Waals surface area contributed by atoms with Crippen LogP contribution in [-0.2, 0) is 18.9 Å². The molecule has 0 aromatic carbocycles. The molecule has 1 fully saturated rings. The molecule has 270 valence electrons. The van der Waals surface area contributed by atoms with E-state index in [1.165, 1.54) is 135 Å². The summed E-state index contributed by atoms with van der Waals surface area (Å²) in [5.41, 5.74) is 0. The molecule has 1 rings (SSSR count). The number of rotatable bonds is 33. The first-order valence-corrected chi connectivity index (χ1v) is 19.2. The minimum Gasteiger partial charge on any atom is -0.394 e. The van der Waals surface area contributed by atoms with Gasteiger partial charge in [0.05, 0.1) is 19.8 Å². The van der Waals surface area contributed by atoms with Gasteiger partial charge in [0.2, 0.25) is 0 Å². The van der Waals surface area contributed by atoms with Gasteiger partial charge < -0.3 is 39.4 Å². The van der Waals surface area contributed by atoms with Gasteiger partial charge in [-0.2, -0.15) is 0 Å². The van der Waals surface area contributed by atoms with Crippen molar-refractivity contribution in [2.75, 3.05) is 33.0 Å². The highest BCUT2D eigenvalue weighted by atomic mass is 16.7. The third-order valence-electron chi connectivity index (χ3n) is 9.09. The van der Waals surface area contributed by atoms with Crippen molar-refractivity contribution >= 4 is 0 Å². The van der Waals surface area contributed by atoms with Crippen molar-refractivity contribution in [2.45, 2.75) is 205 Å². The lowest BCUT2D eigenvalue weighted by molar-refractivity contribution is -0.306. The SMILES string of the molecule is CCCCCCCCCCCCCCOCC(CO[C@@H]1O[C@H](CO)[C@@H](O)[C@H](O)[C@H]1O)OCCCCCCCCCCCCCC. The average Bonchev–Trinajstić information content (AvgIpc) is 3.05. The van der Waals surface area contributed by atoms with Crippen molar-refractivity contribution in [3.8, 4) is 0 Å². The van der Waals surface area contributed by atoms with Gasteiger partial charge >= 0.3 is 0 Å². The fourth-order valence-electron chi connectivity index (χ4n) is 6.00. The van der Waals surface area contributed by atoms with Gasteiger partial charge in [-0.25, -0.2) is 0 Å². The molecule has 1 unspecified atom stereocenters. The van der Waals surface area contributed by atoms with Gasteiger partial charge in [-0.1, -0.05) is 155 Å². The van der Waals surface area contributed by atoms with E-state index in [1.807, 2.05) is 0 Å². The molecule has 45 heavy (non-hydrogen) atoms. The summed E-state index contributed by atoms with van der Waals surface area (Å²) in [6, 6.07) is 0. The van der Waals surface area contributed by atoms with E-state index in [4.69, 9.17) is 18.9 Å². The maximum atomic E-state index is 10.3. The van der Waals surface area contributed by atoms with E-state index in [0.29, 0.717) is 19.8 Å². The number of unbranched alkanes of at least 4 members (excludes halogenated alkanes) is 22. The van der Waals surface area contributed by atoms with Gasteiger partial charge in [0.15, 0.2) is 6.29 Å². The smallest absolute Gasteiger partial charge is 0.186 e. The van der Waals surface area contributed by atoms with Gasteiger partial charge in [-0.15, -0.1) is 0 Å². The first-order valence-electron chi connectivity index (χ1n) is 19.2. The number of aliphatic hydroxyl groups is 4. The van der Waals surface area contributed by atoms with Crippen molar-refractivity contribution in [1.29, 1.82) is 0 Å². The zero-order valence-corrected chi connectivity index (χ0v) is 29.4. The molecule has 1 saturated heterocycles. The predicted octanol–water partition coefficient (Wildman–Crippen LogP) is 7.61. The Morgan fingerprint density at radius 1 is 0.511 bits per heavy atom. The molecule has 0 bridgehead atoms. The monoisotopic (exact) mass is 647 g/mol. The van der Waals surface area contributed by atoms with E-state index in [0.717, 1.165) is 19.3 Å². The second-order valence-electron chi connectivity index (χ2n) is 13.4. The second-order valence-corrected chi connectivity index (χ2v) is 13.4. The molecular formula is C37H74O8. The van der Waals surface area contributed by atoms with Crippen LogP contribution in [-0.4, -0.2) is 90.3 Å². The number of hydrogen-bond donors (Lipinski definition) is 4. The highest BCUT2D eigenvalue weighted by Crippen LogP contribution is 2.22. The highest BCUT2D eigenvalue weighted by Gasteiger charge is 2.44. The Morgan fingerprint density at radius 3 is 1.38 bits per heavy atom. The fraction of sp³-hybridized carbons (Fsp3) is 1.00. The number of hydrogen-bond acceptors (Lipinski definition) is 8. The van der Waals surface area contributed by atoms with Crippen molar-refractivity contribution in [3.05, 3.63) is 0 Å². The van der Waals surface area contributed by atoms with Crippen LogP contribution >= 0.6 is 0 Å². The summed E-state index contributed by atoms with van der Waals surface area (Å²) >= 11 is 0. The molecule has 8 nitrogen and oxygen atoms in total. The van der Waals surface area contributed by atoms with Crippen molar-refractivity contribution in [3.63, 3.8) is 0 Å². The summed E-state index contributed by atoms with van der Waals surface area (Å²) in [7, 11) is 0.